The van der Waals surface area contributed by atoms with Gasteiger partial charge in [-0.2, -0.15) is 0 Å². The predicted molar refractivity (Wildman–Crippen MR) is 73.1 cm³/mol. The maximum atomic E-state index is 11.0. The molecule has 0 heterocycles. The molecule has 3 heteroatoms. The molecular weight excluding hydrogens is 226 g/mol. The van der Waals surface area contributed by atoms with Gasteiger partial charge in [0, 0.05) is 6.04 Å². The number of rotatable bonds is 8. The summed E-state index contributed by atoms with van der Waals surface area (Å²) in [6.45, 7) is 4.71. The van der Waals surface area contributed by atoms with Gasteiger partial charge in [-0.1, -0.05) is 44.2 Å². The molecule has 2 atom stereocenters. The van der Waals surface area contributed by atoms with Gasteiger partial charge in [-0.05, 0) is 24.3 Å². The summed E-state index contributed by atoms with van der Waals surface area (Å²) in [7, 11) is 0. The van der Waals surface area contributed by atoms with E-state index < -0.39 is 6.10 Å². The van der Waals surface area contributed by atoms with Crippen molar-refractivity contribution in [3.63, 3.8) is 0 Å². The largest absolute Gasteiger partial charge is 0.366 e. The predicted octanol–water partition coefficient (Wildman–Crippen LogP) is 2.53. The molecule has 2 N–H and O–H groups in total. The number of benzene rings is 1. The van der Waals surface area contributed by atoms with Crippen LogP contribution in [0.5, 0.6) is 0 Å². The van der Waals surface area contributed by atoms with Gasteiger partial charge in [0.15, 0.2) is 0 Å². The molecular formula is C15H23NO2. The van der Waals surface area contributed by atoms with Crippen LogP contribution in [0.3, 0.4) is 0 Å². The van der Waals surface area contributed by atoms with Gasteiger partial charge in [0.1, 0.15) is 12.4 Å². The Kier molecular flexibility index (Phi) is 6.61. The minimum atomic E-state index is -0.404. The molecule has 0 amide bonds. The summed E-state index contributed by atoms with van der Waals surface area (Å²) in [5, 5.41) is 0. The molecule has 0 spiro atoms. The monoisotopic (exact) mass is 249 g/mol. The Morgan fingerprint density at radius 1 is 1.22 bits per heavy atom. The van der Waals surface area contributed by atoms with Gasteiger partial charge in [0.2, 0.25) is 0 Å². The first kappa shape index (κ1) is 14.9. The lowest BCUT2D eigenvalue weighted by molar-refractivity contribution is -0.119. The van der Waals surface area contributed by atoms with Crippen LogP contribution in [-0.2, 0) is 16.1 Å². The first-order valence-electron chi connectivity index (χ1n) is 6.48. The molecule has 0 radical (unpaired) electrons. The molecule has 0 saturated heterocycles. The summed E-state index contributed by atoms with van der Waals surface area (Å²) in [4.78, 5) is 11.0. The van der Waals surface area contributed by atoms with Gasteiger partial charge in [-0.25, -0.2) is 0 Å². The topological polar surface area (TPSA) is 52.3 Å². The normalized spacial score (nSPS) is 14.4. The van der Waals surface area contributed by atoms with E-state index in [2.05, 4.69) is 13.8 Å². The van der Waals surface area contributed by atoms with Crippen LogP contribution in [-0.4, -0.2) is 18.4 Å². The van der Waals surface area contributed by atoms with Gasteiger partial charge in [-0.15, -0.1) is 0 Å². The maximum absolute atomic E-state index is 11.0. The van der Waals surface area contributed by atoms with Gasteiger partial charge in [0.05, 0.1) is 6.61 Å². The first-order chi connectivity index (χ1) is 8.61. The van der Waals surface area contributed by atoms with Crippen molar-refractivity contribution in [2.45, 2.75) is 45.4 Å². The van der Waals surface area contributed by atoms with Crippen LogP contribution < -0.4 is 5.73 Å². The molecule has 0 fully saturated rings. The van der Waals surface area contributed by atoms with Gasteiger partial charge in [-0.3, -0.25) is 0 Å². The highest BCUT2D eigenvalue weighted by atomic mass is 16.5. The van der Waals surface area contributed by atoms with Crippen LogP contribution in [0.25, 0.3) is 0 Å². The van der Waals surface area contributed by atoms with E-state index in [4.69, 9.17) is 10.5 Å². The minimum absolute atomic E-state index is 0.0240. The molecule has 0 saturated carbocycles. The molecule has 100 valence electrons. The molecule has 0 aliphatic heterocycles. The maximum Gasteiger partial charge on any atom is 0.148 e. The van der Waals surface area contributed by atoms with E-state index in [1.54, 1.807) is 0 Å². The van der Waals surface area contributed by atoms with Crippen molar-refractivity contribution < 1.29 is 9.53 Å². The average Bonchev–Trinajstić information content (AvgIpc) is 2.34. The molecule has 1 aromatic carbocycles. The van der Waals surface area contributed by atoms with E-state index in [0.29, 0.717) is 18.9 Å². The lowest BCUT2D eigenvalue weighted by atomic mass is 10.00. The van der Waals surface area contributed by atoms with Crippen molar-refractivity contribution in [1.29, 1.82) is 0 Å². The fourth-order valence-electron chi connectivity index (χ4n) is 1.94. The van der Waals surface area contributed by atoms with Crippen molar-refractivity contribution in [1.82, 2.24) is 0 Å². The lowest BCUT2D eigenvalue weighted by Crippen LogP contribution is -2.29. The Morgan fingerprint density at radius 2 is 1.89 bits per heavy atom. The number of ether oxygens (including phenoxy) is 1. The fraction of sp³-hybridized carbons (Fsp3) is 0.533. The molecule has 0 aromatic heterocycles. The zero-order chi connectivity index (χ0) is 13.4. The molecule has 3 nitrogen and oxygen atoms in total. The first-order valence-corrected chi connectivity index (χ1v) is 6.48. The standard InChI is InChI=1S/C15H23NO2/c1-12(2)8-14(16)9-15(10-17)18-11-13-6-4-3-5-7-13/h3-7,10,12,14-15H,8-9,11,16H2,1-2H3. The molecule has 18 heavy (non-hydrogen) atoms. The molecule has 0 bridgehead atoms. The Bertz CT molecular complexity index is 338. The van der Waals surface area contributed by atoms with Crippen molar-refractivity contribution in [3.8, 4) is 0 Å². The summed E-state index contributed by atoms with van der Waals surface area (Å²) in [5.74, 6) is 0.543. The number of hydrogen-bond acceptors (Lipinski definition) is 3. The quantitative estimate of drug-likeness (QED) is 0.720. The second-order valence-corrected chi connectivity index (χ2v) is 5.10. The summed E-state index contributed by atoms with van der Waals surface area (Å²) in [6.07, 6.45) is 1.95. The lowest BCUT2D eigenvalue weighted by Gasteiger charge is -2.18. The number of carbonyl (C=O) groups is 1. The van der Waals surface area contributed by atoms with Crippen molar-refractivity contribution in [3.05, 3.63) is 35.9 Å². The Morgan fingerprint density at radius 3 is 2.44 bits per heavy atom. The minimum Gasteiger partial charge on any atom is -0.366 e. The molecule has 2 unspecified atom stereocenters. The van der Waals surface area contributed by atoms with E-state index in [9.17, 15) is 4.79 Å². The van der Waals surface area contributed by atoms with Gasteiger partial charge < -0.3 is 15.3 Å². The zero-order valence-electron chi connectivity index (χ0n) is 11.2. The molecule has 0 aliphatic rings. The SMILES string of the molecule is CC(C)CC(N)CC(C=O)OCc1ccccc1. The smallest absolute Gasteiger partial charge is 0.148 e. The molecule has 1 rings (SSSR count). The van der Waals surface area contributed by atoms with E-state index in [1.807, 2.05) is 30.3 Å². The number of carbonyl (C=O) groups excluding carboxylic acids is 1. The van der Waals surface area contributed by atoms with E-state index in [0.717, 1.165) is 18.3 Å². The van der Waals surface area contributed by atoms with Crippen LogP contribution in [0.1, 0.15) is 32.3 Å². The third kappa shape index (κ3) is 5.94. The highest BCUT2D eigenvalue weighted by molar-refractivity contribution is 5.56. The number of hydrogen-bond donors (Lipinski definition) is 1. The fourth-order valence-corrected chi connectivity index (χ4v) is 1.94. The second-order valence-electron chi connectivity index (χ2n) is 5.10. The number of aldehydes is 1. The van der Waals surface area contributed by atoms with Gasteiger partial charge >= 0.3 is 0 Å². The van der Waals surface area contributed by atoms with Crippen LogP contribution in [0.15, 0.2) is 30.3 Å². The third-order valence-electron chi connectivity index (χ3n) is 2.77. The third-order valence-corrected chi connectivity index (χ3v) is 2.77. The second kappa shape index (κ2) is 8.01. The van der Waals surface area contributed by atoms with Crippen LogP contribution in [0.2, 0.25) is 0 Å². The Hall–Kier alpha value is -1.19. The van der Waals surface area contributed by atoms with E-state index in [1.165, 1.54) is 0 Å². The highest BCUT2D eigenvalue weighted by Crippen LogP contribution is 2.11. The summed E-state index contributed by atoms with van der Waals surface area (Å²) < 4.78 is 5.58. The van der Waals surface area contributed by atoms with Crippen molar-refractivity contribution in [2.75, 3.05) is 0 Å². The van der Waals surface area contributed by atoms with E-state index in [-0.39, 0.29) is 6.04 Å². The van der Waals surface area contributed by atoms with Crippen molar-refractivity contribution >= 4 is 6.29 Å². The summed E-state index contributed by atoms with van der Waals surface area (Å²) in [6, 6.07) is 9.86. The van der Waals surface area contributed by atoms with Crippen LogP contribution >= 0.6 is 0 Å². The summed E-state index contributed by atoms with van der Waals surface area (Å²) in [5.41, 5.74) is 7.05. The number of nitrogens with two attached hydrogens (primary N) is 1. The van der Waals surface area contributed by atoms with Crippen molar-refractivity contribution in [2.24, 2.45) is 11.7 Å². The highest BCUT2D eigenvalue weighted by Gasteiger charge is 2.14. The van der Waals surface area contributed by atoms with E-state index >= 15 is 0 Å². The van der Waals surface area contributed by atoms with Crippen LogP contribution in [0.4, 0.5) is 0 Å². The molecule has 1 aromatic rings. The summed E-state index contributed by atoms with van der Waals surface area (Å²) >= 11 is 0. The Balaban J connectivity index is 2.36. The Labute approximate surface area is 109 Å². The average molecular weight is 249 g/mol. The van der Waals surface area contributed by atoms with Gasteiger partial charge in [0.25, 0.3) is 0 Å². The van der Waals surface area contributed by atoms with Crippen LogP contribution in [0, 0.1) is 5.92 Å². The zero-order valence-corrected chi connectivity index (χ0v) is 11.2. The molecule has 0 aliphatic carbocycles.